The summed E-state index contributed by atoms with van der Waals surface area (Å²) < 4.78 is 0. The number of β-amino-alcohol motifs (C(OH)–C–C–N with tert-alkyl or cyclic N) is 1. The average Bonchev–Trinajstić information content (AvgIpc) is 2.95. The zero-order valence-electron chi connectivity index (χ0n) is 12.3. The molecule has 1 saturated carbocycles. The van der Waals surface area contributed by atoms with Crippen LogP contribution in [0.2, 0.25) is 0 Å². The van der Waals surface area contributed by atoms with Crippen LogP contribution in [-0.2, 0) is 9.59 Å². The lowest BCUT2D eigenvalue weighted by molar-refractivity contribution is -0.135. The molecule has 0 aromatic heterocycles. The normalized spacial score (nSPS) is 27.6. The molecule has 1 aliphatic heterocycles. The topological polar surface area (TPSA) is 69.6 Å². The first-order valence-corrected chi connectivity index (χ1v) is 7.81. The Morgan fingerprint density at radius 1 is 1.25 bits per heavy atom. The van der Waals surface area contributed by atoms with Gasteiger partial charge in [-0.1, -0.05) is 19.8 Å². The van der Waals surface area contributed by atoms with E-state index in [2.05, 4.69) is 5.32 Å². The summed E-state index contributed by atoms with van der Waals surface area (Å²) >= 11 is 0. The second kappa shape index (κ2) is 7.07. The van der Waals surface area contributed by atoms with Gasteiger partial charge in [-0.25, -0.2) is 0 Å². The predicted octanol–water partition coefficient (Wildman–Crippen LogP) is 0.912. The van der Waals surface area contributed by atoms with Gasteiger partial charge in [-0.2, -0.15) is 0 Å². The Labute approximate surface area is 120 Å². The minimum Gasteiger partial charge on any atom is -0.391 e. The number of hydrogen-bond acceptors (Lipinski definition) is 3. The third-order valence-electron chi connectivity index (χ3n) is 4.64. The molecule has 20 heavy (non-hydrogen) atoms. The zero-order valence-corrected chi connectivity index (χ0v) is 12.3. The fourth-order valence-electron chi connectivity index (χ4n) is 3.06. The Balaban J connectivity index is 1.66. The van der Waals surface area contributed by atoms with E-state index in [0.29, 0.717) is 26.1 Å². The molecule has 1 aliphatic carbocycles. The molecular formula is C15H26N2O3. The molecule has 5 nitrogen and oxygen atoms in total. The SMILES string of the molecule is CC1CCN(C(=O)CCNC(=O)C2CCCC2)CC1O. The van der Waals surface area contributed by atoms with Gasteiger partial charge < -0.3 is 15.3 Å². The fraction of sp³-hybridized carbons (Fsp3) is 0.867. The van der Waals surface area contributed by atoms with Gasteiger partial charge >= 0.3 is 0 Å². The van der Waals surface area contributed by atoms with E-state index in [0.717, 1.165) is 32.1 Å². The molecule has 2 unspecified atom stereocenters. The van der Waals surface area contributed by atoms with E-state index in [-0.39, 0.29) is 23.7 Å². The van der Waals surface area contributed by atoms with Crippen LogP contribution in [0.3, 0.4) is 0 Å². The van der Waals surface area contributed by atoms with Crippen molar-refractivity contribution in [3.05, 3.63) is 0 Å². The number of likely N-dealkylation sites (tertiary alicyclic amines) is 1. The highest BCUT2D eigenvalue weighted by atomic mass is 16.3. The molecule has 2 N–H and O–H groups in total. The Morgan fingerprint density at radius 3 is 2.60 bits per heavy atom. The monoisotopic (exact) mass is 282 g/mol. The number of piperidine rings is 1. The maximum atomic E-state index is 12.0. The second-order valence-corrected chi connectivity index (χ2v) is 6.20. The average molecular weight is 282 g/mol. The molecule has 0 radical (unpaired) electrons. The first-order valence-electron chi connectivity index (χ1n) is 7.81. The van der Waals surface area contributed by atoms with Crippen LogP contribution in [0, 0.1) is 11.8 Å². The molecule has 0 aromatic rings. The number of nitrogens with one attached hydrogen (secondary N) is 1. The number of aliphatic hydroxyl groups is 1. The van der Waals surface area contributed by atoms with Crippen LogP contribution in [0.25, 0.3) is 0 Å². The van der Waals surface area contributed by atoms with Crippen molar-refractivity contribution in [1.29, 1.82) is 0 Å². The van der Waals surface area contributed by atoms with Crippen molar-refractivity contribution in [3.8, 4) is 0 Å². The second-order valence-electron chi connectivity index (χ2n) is 6.20. The lowest BCUT2D eigenvalue weighted by atomic mass is 9.96. The van der Waals surface area contributed by atoms with Gasteiger partial charge in [-0.3, -0.25) is 9.59 Å². The van der Waals surface area contributed by atoms with Crippen molar-refractivity contribution in [1.82, 2.24) is 10.2 Å². The third-order valence-corrected chi connectivity index (χ3v) is 4.64. The Hall–Kier alpha value is -1.10. The lowest BCUT2D eigenvalue weighted by Crippen LogP contribution is -2.46. The molecule has 0 bridgehead atoms. The van der Waals surface area contributed by atoms with Crippen molar-refractivity contribution in [2.24, 2.45) is 11.8 Å². The summed E-state index contributed by atoms with van der Waals surface area (Å²) in [5.74, 6) is 0.550. The highest BCUT2D eigenvalue weighted by Gasteiger charge is 2.27. The van der Waals surface area contributed by atoms with Gasteiger partial charge in [0.2, 0.25) is 11.8 Å². The van der Waals surface area contributed by atoms with Gasteiger partial charge in [-0.05, 0) is 25.2 Å². The summed E-state index contributed by atoms with van der Waals surface area (Å²) in [7, 11) is 0. The summed E-state index contributed by atoms with van der Waals surface area (Å²) in [6, 6.07) is 0. The van der Waals surface area contributed by atoms with E-state index in [4.69, 9.17) is 0 Å². The minimum atomic E-state index is -0.416. The number of aliphatic hydroxyl groups excluding tert-OH is 1. The van der Waals surface area contributed by atoms with E-state index >= 15 is 0 Å². The number of nitrogens with zero attached hydrogens (tertiary/aromatic N) is 1. The van der Waals surface area contributed by atoms with E-state index in [1.54, 1.807) is 4.90 Å². The van der Waals surface area contributed by atoms with E-state index < -0.39 is 6.10 Å². The molecule has 5 heteroatoms. The van der Waals surface area contributed by atoms with E-state index in [1.807, 2.05) is 6.92 Å². The molecule has 2 rings (SSSR count). The van der Waals surface area contributed by atoms with Gasteiger partial charge in [0.15, 0.2) is 0 Å². The number of hydrogen-bond donors (Lipinski definition) is 2. The quantitative estimate of drug-likeness (QED) is 0.805. The van der Waals surface area contributed by atoms with Gasteiger partial charge in [0.05, 0.1) is 6.10 Å². The number of amides is 2. The van der Waals surface area contributed by atoms with Crippen molar-refractivity contribution in [2.45, 2.75) is 51.6 Å². The highest BCUT2D eigenvalue weighted by molar-refractivity contribution is 5.80. The van der Waals surface area contributed by atoms with Gasteiger partial charge in [0.25, 0.3) is 0 Å². The van der Waals surface area contributed by atoms with Crippen LogP contribution in [0.5, 0.6) is 0 Å². The molecule has 1 saturated heterocycles. The zero-order chi connectivity index (χ0) is 14.5. The van der Waals surface area contributed by atoms with Crippen LogP contribution in [0.4, 0.5) is 0 Å². The third kappa shape index (κ3) is 3.95. The highest BCUT2D eigenvalue weighted by Crippen LogP contribution is 2.24. The Morgan fingerprint density at radius 2 is 1.95 bits per heavy atom. The summed E-state index contributed by atoms with van der Waals surface area (Å²) in [4.78, 5) is 25.6. The largest absolute Gasteiger partial charge is 0.391 e. The number of rotatable bonds is 4. The van der Waals surface area contributed by atoms with Crippen molar-refractivity contribution in [2.75, 3.05) is 19.6 Å². The van der Waals surface area contributed by atoms with Crippen LogP contribution in [0.1, 0.15) is 45.4 Å². The van der Waals surface area contributed by atoms with Crippen molar-refractivity contribution >= 4 is 11.8 Å². The van der Waals surface area contributed by atoms with E-state index in [9.17, 15) is 14.7 Å². The van der Waals surface area contributed by atoms with Gasteiger partial charge in [-0.15, -0.1) is 0 Å². The fourth-order valence-corrected chi connectivity index (χ4v) is 3.06. The summed E-state index contributed by atoms with van der Waals surface area (Å²) in [6.45, 7) is 3.56. The molecule has 0 spiro atoms. The molecular weight excluding hydrogens is 256 g/mol. The van der Waals surface area contributed by atoms with Crippen LogP contribution in [-0.4, -0.2) is 47.6 Å². The van der Waals surface area contributed by atoms with Crippen molar-refractivity contribution < 1.29 is 14.7 Å². The van der Waals surface area contributed by atoms with Crippen molar-refractivity contribution in [3.63, 3.8) is 0 Å². The summed E-state index contributed by atoms with van der Waals surface area (Å²) in [6.07, 6.45) is 5.01. The molecule has 2 aliphatic rings. The maximum absolute atomic E-state index is 12.0. The smallest absolute Gasteiger partial charge is 0.224 e. The first kappa shape index (κ1) is 15.3. The lowest BCUT2D eigenvalue weighted by Gasteiger charge is -2.34. The molecule has 1 heterocycles. The van der Waals surface area contributed by atoms with E-state index in [1.165, 1.54) is 0 Å². The van der Waals surface area contributed by atoms with Gasteiger partial charge in [0, 0.05) is 32.0 Å². The number of carbonyl (C=O) groups excluding carboxylic acids is 2. The molecule has 114 valence electrons. The predicted molar refractivity (Wildman–Crippen MR) is 76.0 cm³/mol. The standard InChI is InChI=1S/C15H26N2O3/c1-11-7-9-17(10-13(11)18)14(19)6-8-16-15(20)12-4-2-3-5-12/h11-13,18H,2-10H2,1H3,(H,16,20). The number of carbonyl (C=O) groups is 2. The molecule has 2 atom stereocenters. The molecule has 0 aromatic carbocycles. The molecule has 2 amide bonds. The van der Waals surface area contributed by atoms with Crippen LogP contribution in [0.15, 0.2) is 0 Å². The maximum Gasteiger partial charge on any atom is 0.224 e. The molecule has 2 fully saturated rings. The van der Waals surface area contributed by atoms with Crippen LogP contribution < -0.4 is 5.32 Å². The Kier molecular flexibility index (Phi) is 5.40. The first-order chi connectivity index (χ1) is 9.58. The minimum absolute atomic E-state index is 0.0303. The Bertz CT molecular complexity index is 353. The van der Waals surface area contributed by atoms with Gasteiger partial charge in [0.1, 0.15) is 0 Å². The van der Waals surface area contributed by atoms with Crippen LogP contribution >= 0.6 is 0 Å². The summed E-state index contributed by atoms with van der Waals surface area (Å²) in [5, 5.41) is 12.7. The summed E-state index contributed by atoms with van der Waals surface area (Å²) in [5.41, 5.74) is 0.